The summed E-state index contributed by atoms with van der Waals surface area (Å²) in [5.74, 6) is 0. The van der Waals surface area contributed by atoms with E-state index in [1.54, 1.807) is 0 Å². The van der Waals surface area contributed by atoms with Crippen LogP contribution in [0.3, 0.4) is 0 Å². The van der Waals surface area contributed by atoms with E-state index < -0.39 is 0 Å². The van der Waals surface area contributed by atoms with Crippen molar-refractivity contribution in [3.8, 4) is 0 Å². The number of thiocarbonyl (C=S) groups is 1. The summed E-state index contributed by atoms with van der Waals surface area (Å²) >= 11 is 4.83. The largest absolute Gasteiger partial charge is 1.00 e. The van der Waals surface area contributed by atoms with Gasteiger partial charge in [-0.15, -0.1) is 0 Å². The molecular formula is C12H27ClN2S. The van der Waals surface area contributed by atoms with Crippen molar-refractivity contribution in [1.29, 1.82) is 0 Å². The molecule has 0 saturated carbocycles. The summed E-state index contributed by atoms with van der Waals surface area (Å²) < 4.78 is 0. The first kappa shape index (κ1) is 18.5. The van der Waals surface area contributed by atoms with Gasteiger partial charge in [-0.05, 0) is 6.42 Å². The fourth-order valence-corrected chi connectivity index (χ4v) is 1.77. The van der Waals surface area contributed by atoms with E-state index >= 15 is 0 Å². The molecule has 4 heteroatoms. The number of hydrogen-bond donors (Lipinski definition) is 2. The highest BCUT2D eigenvalue weighted by molar-refractivity contribution is 7.79. The van der Waals surface area contributed by atoms with Gasteiger partial charge in [0.1, 0.15) is 0 Å². The van der Waals surface area contributed by atoms with Crippen LogP contribution in [0.4, 0.5) is 0 Å². The third kappa shape index (κ3) is 16.6. The van der Waals surface area contributed by atoms with Gasteiger partial charge in [-0.3, -0.25) is 0 Å². The van der Waals surface area contributed by atoms with E-state index in [4.69, 9.17) is 12.2 Å². The molecule has 0 saturated heterocycles. The second-order valence-electron chi connectivity index (χ2n) is 4.18. The Hall–Kier alpha value is 0.140. The lowest BCUT2D eigenvalue weighted by molar-refractivity contribution is -0.215. The van der Waals surface area contributed by atoms with Crippen LogP contribution < -0.4 is 23.5 Å². The molecule has 0 heterocycles. The molecule has 0 radical (unpaired) electrons. The zero-order valence-electron chi connectivity index (χ0n) is 10.6. The second kappa shape index (κ2) is 15.1. The van der Waals surface area contributed by atoms with Crippen molar-refractivity contribution in [3.05, 3.63) is 0 Å². The molecule has 0 aliphatic carbocycles. The van der Waals surface area contributed by atoms with Crippen LogP contribution in [0, 0.1) is 0 Å². The summed E-state index contributed by atoms with van der Waals surface area (Å²) in [6.07, 6.45) is 12.3. The summed E-state index contributed by atoms with van der Waals surface area (Å²) in [6, 6.07) is 0. The Balaban J connectivity index is 0. The predicted octanol–water partition coefficient (Wildman–Crippen LogP) is -0.362. The Bertz CT molecular complexity index is 154. The molecule has 0 aromatic rings. The highest BCUT2D eigenvalue weighted by Gasteiger charge is 1.93. The molecule has 0 rings (SSSR count). The van der Waals surface area contributed by atoms with Crippen molar-refractivity contribution in [2.75, 3.05) is 6.54 Å². The molecule has 0 spiro atoms. The Morgan fingerprint density at radius 1 is 0.938 bits per heavy atom. The minimum Gasteiger partial charge on any atom is -1.00 e. The van der Waals surface area contributed by atoms with Gasteiger partial charge in [0.15, 0.2) is 0 Å². The Kier molecular flexibility index (Phi) is 17.5. The third-order valence-electron chi connectivity index (χ3n) is 2.60. The SMILES string of the molecule is CCCCCCCCCCCNC([NH3+])=S.[Cl-]. The maximum Gasteiger partial charge on any atom is 0.264 e. The lowest BCUT2D eigenvalue weighted by atomic mass is 10.1. The Morgan fingerprint density at radius 3 is 1.81 bits per heavy atom. The standard InChI is InChI=1S/C12H26N2S.ClH/c1-2-3-4-5-6-7-8-9-10-11-14-12(13)15;/h2-11H2,1H3,(H3,13,14,15);1H. The van der Waals surface area contributed by atoms with Crippen molar-refractivity contribution in [2.24, 2.45) is 0 Å². The van der Waals surface area contributed by atoms with Crippen molar-refractivity contribution in [2.45, 2.75) is 64.7 Å². The monoisotopic (exact) mass is 266 g/mol. The van der Waals surface area contributed by atoms with Gasteiger partial charge < -0.3 is 23.5 Å². The molecule has 0 unspecified atom stereocenters. The van der Waals surface area contributed by atoms with E-state index in [2.05, 4.69) is 18.0 Å². The van der Waals surface area contributed by atoms with Crippen LogP contribution in [0.5, 0.6) is 0 Å². The first-order valence-electron chi connectivity index (χ1n) is 6.37. The van der Waals surface area contributed by atoms with Gasteiger partial charge in [-0.25, -0.2) is 0 Å². The molecule has 0 aromatic carbocycles. The minimum absolute atomic E-state index is 0. The quantitative estimate of drug-likeness (QED) is 0.419. The molecular weight excluding hydrogens is 240 g/mol. The minimum atomic E-state index is 0. The van der Waals surface area contributed by atoms with Crippen LogP contribution in [0.1, 0.15) is 64.7 Å². The van der Waals surface area contributed by atoms with Crippen LogP contribution in [-0.2, 0) is 0 Å². The number of unbranched alkanes of at least 4 members (excludes halogenated alkanes) is 8. The lowest BCUT2D eigenvalue weighted by Crippen LogP contribution is -3.00. The topological polar surface area (TPSA) is 39.7 Å². The van der Waals surface area contributed by atoms with Crippen LogP contribution in [0.15, 0.2) is 0 Å². The van der Waals surface area contributed by atoms with E-state index in [1.165, 1.54) is 57.8 Å². The van der Waals surface area contributed by atoms with Gasteiger partial charge in [0.25, 0.3) is 5.11 Å². The molecule has 0 bridgehead atoms. The number of nitrogens with one attached hydrogen (secondary N) is 1. The average molecular weight is 267 g/mol. The zero-order valence-corrected chi connectivity index (χ0v) is 12.1. The average Bonchev–Trinajstić information content (AvgIpc) is 2.20. The van der Waals surface area contributed by atoms with Gasteiger partial charge in [0.2, 0.25) is 0 Å². The molecule has 98 valence electrons. The summed E-state index contributed by atoms with van der Waals surface area (Å²) in [4.78, 5) is 0. The van der Waals surface area contributed by atoms with E-state index in [-0.39, 0.29) is 12.4 Å². The third-order valence-corrected chi connectivity index (χ3v) is 2.75. The van der Waals surface area contributed by atoms with Crippen LogP contribution in [0.2, 0.25) is 0 Å². The summed E-state index contributed by atoms with van der Waals surface area (Å²) in [6.45, 7) is 3.26. The van der Waals surface area contributed by atoms with Crippen molar-refractivity contribution < 1.29 is 18.1 Å². The molecule has 0 atom stereocenters. The maximum absolute atomic E-state index is 4.83. The van der Waals surface area contributed by atoms with Crippen LogP contribution in [-0.4, -0.2) is 11.7 Å². The van der Waals surface area contributed by atoms with Gasteiger partial charge in [0.05, 0.1) is 0 Å². The molecule has 0 fully saturated rings. The summed E-state index contributed by atoms with van der Waals surface area (Å²) in [5, 5.41) is 3.76. The van der Waals surface area contributed by atoms with E-state index in [9.17, 15) is 0 Å². The maximum atomic E-state index is 4.83. The van der Waals surface area contributed by atoms with Crippen molar-refractivity contribution in [1.82, 2.24) is 5.32 Å². The van der Waals surface area contributed by atoms with Crippen molar-refractivity contribution >= 4 is 17.3 Å². The lowest BCUT2D eigenvalue weighted by Gasteiger charge is -2.02. The normalized spacial score (nSPS) is 9.62. The fraction of sp³-hybridized carbons (Fsp3) is 0.917. The zero-order chi connectivity index (χ0) is 11.4. The summed E-state index contributed by atoms with van der Waals surface area (Å²) in [5.41, 5.74) is 3.63. The predicted molar refractivity (Wildman–Crippen MR) is 70.7 cm³/mol. The molecule has 16 heavy (non-hydrogen) atoms. The second-order valence-corrected chi connectivity index (χ2v) is 4.67. The number of quaternary nitrogens is 1. The molecule has 4 N–H and O–H groups in total. The van der Waals surface area contributed by atoms with Crippen molar-refractivity contribution in [3.63, 3.8) is 0 Å². The number of hydrogen-bond acceptors (Lipinski definition) is 1. The molecule has 0 aliphatic heterocycles. The molecule has 0 amide bonds. The smallest absolute Gasteiger partial charge is 0.264 e. The van der Waals surface area contributed by atoms with Gasteiger partial charge in [-0.1, -0.05) is 58.3 Å². The highest BCUT2D eigenvalue weighted by Crippen LogP contribution is 2.08. The molecule has 0 aliphatic rings. The van der Waals surface area contributed by atoms with E-state index in [1.807, 2.05) is 0 Å². The first-order valence-corrected chi connectivity index (χ1v) is 6.78. The Morgan fingerprint density at radius 2 is 1.38 bits per heavy atom. The Labute approximate surface area is 112 Å². The summed E-state index contributed by atoms with van der Waals surface area (Å²) in [7, 11) is 0. The first-order chi connectivity index (χ1) is 7.27. The van der Waals surface area contributed by atoms with Crippen LogP contribution in [0.25, 0.3) is 0 Å². The number of rotatable bonds is 10. The van der Waals surface area contributed by atoms with Gasteiger partial charge in [0, 0.05) is 18.8 Å². The van der Waals surface area contributed by atoms with Gasteiger partial charge in [-0.2, -0.15) is 0 Å². The molecule has 0 aromatic heterocycles. The van der Waals surface area contributed by atoms with Crippen LogP contribution >= 0.6 is 12.2 Å². The number of halogens is 1. The highest BCUT2D eigenvalue weighted by atomic mass is 35.5. The van der Waals surface area contributed by atoms with Gasteiger partial charge >= 0.3 is 0 Å². The van der Waals surface area contributed by atoms with E-state index in [0.29, 0.717) is 5.11 Å². The molecule has 2 nitrogen and oxygen atoms in total. The fourth-order valence-electron chi connectivity index (χ4n) is 1.66. The van der Waals surface area contributed by atoms with E-state index in [0.717, 1.165) is 6.54 Å².